The number of halogens is 1. The van der Waals surface area contributed by atoms with Crippen molar-refractivity contribution in [1.82, 2.24) is 0 Å². The minimum absolute atomic E-state index is 0.0542. The Labute approximate surface area is 107 Å². The highest BCUT2D eigenvalue weighted by Crippen LogP contribution is 2.49. The van der Waals surface area contributed by atoms with E-state index in [0.29, 0.717) is 4.48 Å². The van der Waals surface area contributed by atoms with Crippen molar-refractivity contribution in [3.63, 3.8) is 0 Å². The van der Waals surface area contributed by atoms with Gasteiger partial charge >= 0.3 is 11.9 Å². The fourth-order valence-corrected chi connectivity index (χ4v) is 3.22. The highest BCUT2D eigenvalue weighted by Gasteiger charge is 2.42. The van der Waals surface area contributed by atoms with E-state index in [2.05, 4.69) is 15.9 Å². The van der Waals surface area contributed by atoms with Gasteiger partial charge in [-0.05, 0) is 37.7 Å². The Morgan fingerprint density at radius 3 is 2.41 bits per heavy atom. The first kappa shape index (κ1) is 12.4. The summed E-state index contributed by atoms with van der Waals surface area (Å²) in [6.45, 7) is 1.54. The lowest BCUT2D eigenvalue weighted by molar-refractivity contribution is -0.145. The third-order valence-electron chi connectivity index (χ3n) is 3.30. The van der Waals surface area contributed by atoms with E-state index in [9.17, 15) is 19.8 Å². The van der Waals surface area contributed by atoms with Gasteiger partial charge in [0.15, 0.2) is 0 Å². The monoisotopic (exact) mass is 300 g/mol. The summed E-state index contributed by atoms with van der Waals surface area (Å²) in [5, 5.41) is 18.4. The average molecular weight is 301 g/mol. The van der Waals surface area contributed by atoms with Gasteiger partial charge in [-0.25, -0.2) is 4.79 Å². The SMILES string of the molecule is CC1(C(=O)O)C=C(Br)C(C2CC2)=C(C(=O)O)C1. The summed E-state index contributed by atoms with van der Waals surface area (Å²) in [7, 11) is 0. The van der Waals surface area contributed by atoms with Crippen LogP contribution in [0.3, 0.4) is 0 Å². The third-order valence-corrected chi connectivity index (χ3v) is 3.96. The normalized spacial score (nSPS) is 28.9. The van der Waals surface area contributed by atoms with Crippen LogP contribution in [0.25, 0.3) is 0 Å². The zero-order chi connectivity index (χ0) is 12.8. The molecule has 0 aromatic carbocycles. The Hall–Kier alpha value is -1.10. The fraction of sp³-hybridized carbons (Fsp3) is 0.500. The largest absolute Gasteiger partial charge is 0.481 e. The summed E-state index contributed by atoms with van der Waals surface area (Å²) in [5.41, 5.74) is -0.103. The van der Waals surface area contributed by atoms with E-state index in [1.807, 2.05) is 0 Å². The lowest BCUT2D eigenvalue weighted by Crippen LogP contribution is -2.30. The molecule has 0 saturated heterocycles. The molecule has 0 aromatic heterocycles. The summed E-state index contributed by atoms with van der Waals surface area (Å²) >= 11 is 3.32. The first-order valence-electron chi connectivity index (χ1n) is 5.43. The van der Waals surface area contributed by atoms with Gasteiger partial charge in [-0.2, -0.15) is 0 Å². The molecule has 0 spiro atoms. The molecule has 0 radical (unpaired) electrons. The molecule has 2 aliphatic rings. The Balaban J connectivity index is 2.47. The Morgan fingerprint density at radius 1 is 1.41 bits per heavy atom. The smallest absolute Gasteiger partial charge is 0.331 e. The molecule has 0 amide bonds. The number of rotatable bonds is 3. The second-order valence-electron chi connectivity index (χ2n) is 4.86. The number of carboxylic acids is 2. The van der Waals surface area contributed by atoms with Gasteiger partial charge in [0.25, 0.3) is 0 Å². The van der Waals surface area contributed by atoms with Crippen molar-refractivity contribution in [1.29, 1.82) is 0 Å². The van der Waals surface area contributed by atoms with Crippen LogP contribution in [0.4, 0.5) is 0 Å². The maximum atomic E-state index is 11.3. The molecule has 17 heavy (non-hydrogen) atoms. The van der Waals surface area contributed by atoms with Crippen LogP contribution in [0.15, 0.2) is 21.7 Å². The van der Waals surface area contributed by atoms with Gasteiger partial charge < -0.3 is 10.2 Å². The molecule has 1 unspecified atom stereocenters. The first-order valence-corrected chi connectivity index (χ1v) is 6.23. The number of hydrogen-bond acceptors (Lipinski definition) is 2. The zero-order valence-corrected chi connectivity index (χ0v) is 11.0. The number of hydrogen-bond donors (Lipinski definition) is 2. The molecule has 2 rings (SSSR count). The highest BCUT2D eigenvalue weighted by atomic mass is 79.9. The molecule has 1 saturated carbocycles. The maximum absolute atomic E-state index is 11.3. The van der Waals surface area contributed by atoms with Crippen molar-refractivity contribution >= 4 is 27.9 Å². The molecule has 2 N–H and O–H groups in total. The van der Waals surface area contributed by atoms with Gasteiger partial charge in [-0.15, -0.1) is 0 Å². The quantitative estimate of drug-likeness (QED) is 0.840. The second kappa shape index (κ2) is 3.98. The molecular weight excluding hydrogens is 288 g/mol. The van der Waals surface area contributed by atoms with Crippen molar-refractivity contribution in [3.8, 4) is 0 Å². The average Bonchev–Trinajstić information content (AvgIpc) is 2.99. The van der Waals surface area contributed by atoms with Gasteiger partial charge in [0.05, 0.1) is 5.41 Å². The van der Waals surface area contributed by atoms with Crippen LogP contribution in [-0.4, -0.2) is 22.2 Å². The molecule has 0 bridgehead atoms. The number of allylic oxidation sites excluding steroid dienone is 2. The third kappa shape index (κ3) is 2.16. The van der Waals surface area contributed by atoms with E-state index >= 15 is 0 Å². The predicted molar refractivity (Wildman–Crippen MR) is 64.8 cm³/mol. The summed E-state index contributed by atoms with van der Waals surface area (Å²) < 4.78 is 0.633. The van der Waals surface area contributed by atoms with Gasteiger partial charge in [-0.1, -0.05) is 22.0 Å². The molecule has 2 aliphatic carbocycles. The van der Waals surface area contributed by atoms with E-state index in [1.165, 1.54) is 0 Å². The highest BCUT2D eigenvalue weighted by molar-refractivity contribution is 9.12. The van der Waals surface area contributed by atoms with Crippen molar-refractivity contribution in [2.75, 3.05) is 0 Å². The molecule has 1 fully saturated rings. The fourth-order valence-electron chi connectivity index (χ4n) is 2.16. The topological polar surface area (TPSA) is 74.6 Å². The molecular formula is C12H13BrO4. The molecule has 0 aliphatic heterocycles. The molecule has 92 valence electrons. The summed E-state index contributed by atoms with van der Waals surface area (Å²) in [6.07, 6.45) is 3.64. The molecule has 0 aromatic rings. The number of carbonyl (C=O) groups is 2. The predicted octanol–water partition coefficient (Wildman–Crippen LogP) is 2.55. The minimum atomic E-state index is -1.13. The van der Waals surface area contributed by atoms with E-state index in [-0.39, 0.29) is 17.9 Å². The van der Waals surface area contributed by atoms with Crippen molar-refractivity contribution in [2.24, 2.45) is 11.3 Å². The zero-order valence-electron chi connectivity index (χ0n) is 9.36. The summed E-state index contributed by atoms with van der Waals surface area (Å²) in [5.74, 6) is -1.72. The Bertz CT molecular complexity index is 459. The standard InChI is InChI=1S/C12H13BrO4/c1-12(11(16)17)4-7(10(14)15)9(6-2-3-6)8(13)5-12/h5-6H,2-4H2,1H3,(H,14,15)(H,16,17). The van der Waals surface area contributed by atoms with Crippen LogP contribution in [0, 0.1) is 11.3 Å². The van der Waals surface area contributed by atoms with Crippen LogP contribution in [-0.2, 0) is 9.59 Å². The van der Waals surface area contributed by atoms with Gasteiger partial charge in [0.1, 0.15) is 0 Å². The van der Waals surface area contributed by atoms with Crippen molar-refractivity contribution in [3.05, 3.63) is 21.7 Å². The Kier molecular flexibility index (Phi) is 2.89. The van der Waals surface area contributed by atoms with Crippen molar-refractivity contribution in [2.45, 2.75) is 26.2 Å². The number of carboxylic acid groups (broad SMARTS) is 2. The lowest BCUT2D eigenvalue weighted by atomic mass is 9.77. The van der Waals surface area contributed by atoms with Gasteiger partial charge in [0.2, 0.25) is 0 Å². The van der Waals surface area contributed by atoms with Gasteiger partial charge in [-0.3, -0.25) is 4.79 Å². The minimum Gasteiger partial charge on any atom is -0.481 e. The molecule has 0 heterocycles. The second-order valence-corrected chi connectivity index (χ2v) is 5.72. The van der Waals surface area contributed by atoms with Gasteiger partial charge in [0, 0.05) is 10.1 Å². The van der Waals surface area contributed by atoms with E-state index < -0.39 is 17.4 Å². The van der Waals surface area contributed by atoms with E-state index in [1.54, 1.807) is 13.0 Å². The first-order chi connectivity index (χ1) is 7.85. The maximum Gasteiger partial charge on any atom is 0.331 e. The van der Waals surface area contributed by atoms with Crippen LogP contribution >= 0.6 is 15.9 Å². The molecule has 4 nitrogen and oxygen atoms in total. The lowest BCUT2D eigenvalue weighted by Gasteiger charge is -2.28. The molecule has 5 heteroatoms. The van der Waals surface area contributed by atoms with Crippen LogP contribution in [0.5, 0.6) is 0 Å². The van der Waals surface area contributed by atoms with Crippen LogP contribution in [0.2, 0.25) is 0 Å². The summed E-state index contributed by atoms with van der Waals surface area (Å²) in [6, 6.07) is 0. The van der Waals surface area contributed by atoms with E-state index in [4.69, 9.17) is 0 Å². The van der Waals surface area contributed by atoms with Crippen molar-refractivity contribution < 1.29 is 19.8 Å². The molecule has 1 atom stereocenters. The summed E-state index contributed by atoms with van der Waals surface area (Å²) in [4.78, 5) is 22.5. The van der Waals surface area contributed by atoms with Crippen LogP contribution < -0.4 is 0 Å². The Morgan fingerprint density at radius 2 is 2.00 bits per heavy atom. The van der Waals surface area contributed by atoms with E-state index in [0.717, 1.165) is 18.4 Å². The number of aliphatic carboxylic acids is 2. The van der Waals surface area contributed by atoms with Crippen LogP contribution in [0.1, 0.15) is 26.2 Å².